The number of piperidine rings is 1. The Bertz CT molecular complexity index is 604. The average Bonchev–Trinajstić information content (AvgIpc) is 2.42. The van der Waals surface area contributed by atoms with Gasteiger partial charge in [-0.05, 0) is 31.4 Å². The van der Waals surface area contributed by atoms with Crippen LogP contribution in [0.3, 0.4) is 0 Å². The van der Waals surface area contributed by atoms with Crippen molar-refractivity contribution in [2.75, 3.05) is 6.54 Å². The van der Waals surface area contributed by atoms with E-state index in [0.717, 1.165) is 25.7 Å². The molecule has 1 fully saturated rings. The summed E-state index contributed by atoms with van der Waals surface area (Å²) in [5.74, 6) is 0. The maximum atomic E-state index is 12.8. The Balaban J connectivity index is 2.46. The predicted octanol–water partition coefficient (Wildman–Crippen LogP) is 4.60. The third-order valence-electron chi connectivity index (χ3n) is 3.61. The van der Waals surface area contributed by atoms with E-state index in [0.29, 0.717) is 6.54 Å². The van der Waals surface area contributed by atoms with Gasteiger partial charge in [0.1, 0.15) is 4.90 Å². The van der Waals surface area contributed by atoms with Crippen LogP contribution in [0.4, 0.5) is 0 Å². The molecule has 0 N–H and O–H groups in total. The largest absolute Gasteiger partial charge is 0.244 e. The first-order valence-electron chi connectivity index (χ1n) is 6.54. The lowest BCUT2D eigenvalue weighted by atomic mass is 10.0. The number of hydrogen-bond donors (Lipinski definition) is 0. The third-order valence-corrected chi connectivity index (χ3v) is 6.74. The molecule has 2 rings (SSSR count). The van der Waals surface area contributed by atoms with Crippen LogP contribution in [0.5, 0.6) is 0 Å². The van der Waals surface area contributed by atoms with Crippen molar-refractivity contribution in [1.29, 1.82) is 0 Å². The number of benzene rings is 1. The van der Waals surface area contributed by atoms with Crippen LogP contribution in [0, 0.1) is 0 Å². The Morgan fingerprint density at radius 1 is 1.15 bits per heavy atom. The van der Waals surface area contributed by atoms with Gasteiger partial charge in [-0.1, -0.05) is 48.1 Å². The smallest absolute Gasteiger partial charge is 0.207 e. The fraction of sp³-hybridized carbons (Fsp3) is 0.538. The summed E-state index contributed by atoms with van der Waals surface area (Å²) in [5, 5.41) is 0.556. The van der Waals surface area contributed by atoms with Crippen molar-refractivity contribution in [1.82, 2.24) is 4.31 Å². The number of nitrogens with zero attached hydrogens (tertiary/aromatic N) is 1. The number of hydrogen-bond acceptors (Lipinski definition) is 2. The van der Waals surface area contributed by atoms with Gasteiger partial charge in [0, 0.05) is 12.6 Å². The molecule has 0 aliphatic carbocycles. The molecule has 20 heavy (non-hydrogen) atoms. The standard InChI is InChI=1S/C13H16Cl3NO2S/c1-2-9-5-3-4-6-17(9)20(18,19)13-8-11(15)10(14)7-12(13)16/h7-9H,2-6H2,1H3. The molecule has 0 amide bonds. The lowest BCUT2D eigenvalue weighted by Crippen LogP contribution is -2.43. The van der Waals surface area contributed by atoms with Gasteiger partial charge in [-0.3, -0.25) is 0 Å². The van der Waals surface area contributed by atoms with E-state index in [-0.39, 0.29) is 26.0 Å². The van der Waals surface area contributed by atoms with Crippen LogP contribution in [-0.4, -0.2) is 25.3 Å². The molecule has 7 heteroatoms. The van der Waals surface area contributed by atoms with E-state index in [1.807, 2.05) is 6.92 Å². The third kappa shape index (κ3) is 3.09. The van der Waals surface area contributed by atoms with E-state index in [4.69, 9.17) is 34.8 Å². The lowest BCUT2D eigenvalue weighted by molar-refractivity contribution is 0.246. The quantitative estimate of drug-likeness (QED) is 0.742. The summed E-state index contributed by atoms with van der Waals surface area (Å²) in [7, 11) is -3.63. The van der Waals surface area contributed by atoms with Crippen LogP contribution in [0.2, 0.25) is 15.1 Å². The molecular formula is C13H16Cl3NO2S. The van der Waals surface area contributed by atoms with E-state index in [1.165, 1.54) is 12.1 Å². The van der Waals surface area contributed by atoms with Crippen molar-refractivity contribution < 1.29 is 8.42 Å². The zero-order chi connectivity index (χ0) is 14.9. The number of sulfonamides is 1. The van der Waals surface area contributed by atoms with Gasteiger partial charge in [-0.25, -0.2) is 8.42 Å². The second-order valence-corrected chi connectivity index (χ2v) is 7.95. The van der Waals surface area contributed by atoms with E-state index in [1.54, 1.807) is 4.31 Å². The molecule has 0 bridgehead atoms. The highest BCUT2D eigenvalue weighted by atomic mass is 35.5. The van der Waals surface area contributed by atoms with Gasteiger partial charge >= 0.3 is 0 Å². The highest BCUT2D eigenvalue weighted by Gasteiger charge is 2.34. The summed E-state index contributed by atoms with van der Waals surface area (Å²) in [6.07, 6.45) is 3.60. The van der Waals surface area contributed by atoms with Gasteiger partial charge in [0.15, 0.2) is 0 Å². The van der Waals surface area contributed by atoms with Crippen LogP contribution >= 0.6 is 34.8 Å². The molecule has 0 saturated carbocycles. The number of rotatable bonds is 3. The molecule has 1 aliphatic rings. The summed E-state index contributed by atoms with van der Waals surface area (Å²) in [6, 6.07) is 2.74. The second-order valence-electron chi connectivity index (χ2n) is 4.87. The van der Waals surface area contributed by atoms with E-state index >= 15 is 0 Å². The summed E-state index contributed by atoms with van der Waals surface area (Å²) >= 11 is 17.8. The van der Waals surface area contributed by atoms with E-state index in [9.17, 15) is 8.42 Å². The Morgan fingerprint density at radius 3 is 2.45 bits per heavy atom. The topological polar surface area (TPSA) is 37.4 Å². The average molecular weight is 357 g/mol. The van der Waals surface area contributed by atoms with Crippen LogP contribution in [0.15, 0.2) is 17.0 Å². The normalized spacial score (nSPS) is 21.1. The minimum Gasteiger partial charge on any atom is -0.207 e. The maximum Gasteiger partial charge on any atom is 0.244 e. The molecule has 1 aliphatic heterocycles. The van der Waals surface area contributed by atoms with Crippen LogP contribution in [-0.2, 0) is 10.0 Å². The van der Waals surface area contributed by atoms with Crippen molar-refractivity contribution in [2.24, 2.45) is 0 Å². The molecule has 1 unspecified atom stereocenters. The molecule has 1 saturated heterocycles. The molecule has 0 spiro atoms. The fourth-order valence-electron chi connectivity index (χ4n) is 2.53. The predicted molar refractivity (Wildman–Crippen MR) is 83.3 cm³/mol. The van der Waals surface area contributed by atoms with Crippen molar-refractivity contribution in [3.8, 4) is 0 Å². The highest BCUT2D eigenvalue weighted by Crippen LogP contribution is 2.35. The van der Waals surface area contributed by atoms with Gasteiger partial charge in [0.25, 0.3) is 0 Å². The maximum absolute atomic E-state index is 12.8. The Kier molecular flexibility index (Phi) is 5.24. The van der Waals surface area contributed by atoms with Gasteiger partial charge in [-0.2, -0.15) is 4.31 Å². The molecule has 1 atom stereocenters. The van der Waals surface area contributed by atoms with Crippen LogP contribution in [0.1, 0.15) is 32.6 Å². The van der Waals surface area contributed by atoms with Gasteiger partial charge in [-0.15, -0.1) is 0 Å². The van der Waals surface area contributed by atoms with Gasteiger partial charge in [0.05, 0.1) is 15.1 Å². The van der Waals surface area contributed by atoms with Gasteiger partial charge in [0.2, 0.25) is 10.0 Å². The molecule has 3 nitrogen and oxygen atoms in total. The monoisotopic (exact) mass is 355 g/mol. The Hall–Kier alpha value is -0.000000000000000111. The molecule has 1 aromatic carbocycles. The minimum atomic E-state index is -3.63. The molecular weight excluding hydrogens is 341 g/mol. The SMILES string of the molecule is CCC1CCCCN1S(=O)(=O)c1cc(Cl)c(Cl)cc1Cl. The Morgan fingerprint density at radius 2 is 1.80 bits per heavy atom. The lowest BCUT2D eigenvalue weighted by Gasteiger charge is -2.34. The summed E-state index contributed by atoms with van der Waals surface area (Å²) in [5.41, 5.74) is 0. The van der Waals surface area contributed by atoms with Crippen molar-refractivity contribution in [3.05, 3.63) is 27.2 Å². The molecule has 112 valence electrons. The fourth-order valence-corrected chi connectivity index (χ4v) is 5.27. The molecule has 1 heterocycles. The summed E-state index contributed by atoms with van der Waals surface area (Å²) < 4.78 is 27.1. The van der Waals surface area contributed by atoms with E-state index in [2.05, 4.69) is 0 Å². The van der Waals surface area contributed by atoms with Crippen LogP contribution < -0.4 is 0 Å². The first-order valence-corrected chi connectivity index (χ1v) is 9.11. The minimum absolute atomic E-state index is 0.0271. The number of halogens is 3. The van der Waals surface area contributed by atoms with Crippen LogP contribution in [0.25, 0.3) is 0 Å². The second kappa shape index (κ2) is 6.41. The van der Waals surface area contributed by atoms with Gasteiger partial charge < -0.3 is 0 Å². The first kappa shape index (κ1) is 16.4. The zero-order valence-electron chi connectivity index (χ0n) is 11.1. The zero-order valence-corrected chi connectivity index (χ0v) is 14.2. The van der Waals surface area contributed by atoms with Crippen molar-refractivity contribution in [3.63, 3.8) is 0 Å². The van der Waals surface area contributed by atoms with Crippen molar-refractivity contribution in [2.45, 2.75) is 43.5 Å². The van der Waals surface area contributed by atoms with Crippen molar-refractivity contribution >= 4 is 44.8 Å². The molecule has 0 aromatic heterocycles. The van der Waals surface area contributed by atoms with E-state index < -0.39 is 10.0 Å². The highest BCUT2D eigenvalue weighted by molar-refractivity contribution is 7.89. The first-order chi connectivity index (χ1) is 9.37. The molecule has 0 radical (unpaired) electrons. The molecule has 1 aromatic rings. The summed E-state index contributed by atoms with van der Waals surface area (Å²) in [6.45, 7) is 2.52. The summed E-state index contributed by atoms with van der Waals surface area (Å²) in [4.78, 5) is 0.0360. The Labute approximate surface area is 134 Å².